The van der Waals surface area contributed by atoms with Gasteiger partial charge in [-0.15, -0.1) is 0 Å². The van der Waals surface area contributed by atoms with Crippen molar-refractivity contribution in [3.8, 4) is 0 Å². The zero-order valence-corrected chi connectivity index (χ0v) is 7.12. The van der Waals surface area contributed by atoms with E-state index in [4.69, 9.17) is 5.11 Å². The van der Waals surface area contributed by atoms with Crippen LogP contribution >= 0.6 is 0 Å². The lowest BCUT2D eigenvalue weighted by Crippen LogP contribution is -2.30. The van der Waals surface area contributed by atoms with Gasteiger partial charge >= 0.3 is 5.97 Å². The number of carboxylic acids is 1. The van der Waals surface area contributed by atoms with Crippen molar-refractivity contribution in [2.75, 3.05) is 0 Å². The van der Waals surface area contributed by atoms with Gasteiger partial charge in [0.25, 0.3) is 0 Å². The van der Waals surface area contributed by atoms with E-state index in [0.29, 0.717) is 6.04 Å². The first kappa shape index (κ1) is 8.05. The summed E-state index contributed by atoms with van der Waals surface area (Å²) in [5.41, 5.74) is 0. The van der Waals surface area contributed by atoms with E-state index in [-0.39, 0.29) is 12.0 Å². The molecule has 68 valence electrons. The van der Waals surface area contributed by atoms with Crippen molar-refractivity contribution in [2.45, 2.75) is 44.2 Å². The summed E-state index contributed by atoms with van der Waals surface area (Å²) in [7, 11) is 0. The first-order valence-corrected chi connectivity index (χ1v) is 4.76. The number of hydrogen-bond donors (Lipinski definition) is 2. The summed E-state index contributed by atoms with van der Waals surface area (Å²) < 4.78 is 0. The number of carbonyl (C=O) groups is 1. The molecule has 3 nitrogen and oxygen atoms in total. The van der Waals surface area contributed by atoms with E-state index >= 15 is 0 Å². The summed E-state index contributed by atoms with van der Waals surface area (Å²) in [6, 6.07) is 0.893. The molecule has 12 heavy (non-hydrogen) atoms. The van der Waals surface area contributed by atoms with Gasteiger partial charge in [0.05, 0.1) is 5.92 Å². The minimum absolute atomic E-state index is 0.0920. The van der Waals surface area contributed by atoms with Gasteiger partial charge in [-0.2, -0.15) is 0 Å². The third kappa shape index (κ3) is 1.61. The summed E-state index contributed by atoms with van der Waals surface area (Å²) in [6.07, 6.45) is 5.93. The highest BCUT2D eigenvalue weighted by Crippen LogP contribution is 2.32. The fourth-order valence-electron chi connectivity index (χ4n) is 2.05. The second-order valence-corrected chi connectivity index (χ2v) is 3.93. The minimum atomic E-state index is -0.634. The van der Waals surface area contributed by atoms with Crippen molar-refractivity contribution in [3.05, 3.63) is 0 Å². The highest BCUT2D eigenvalue weighted by molar-refractivity contribution is 5.74. The van der Waals surface area contributed by atoms with E-state index in [1.807, 2.05) is 0 Å². The number of hydrogen-bond acceptors (Lipinski definition) is 2. The van der Waals surface area contributed by atoms with Crippen LogP contribution in [-0.2, 0) is 4.79 Å². The van der Waals surface area contributed by atoms with Crippen LogP contribution < -0.4 is 5.32 Å². The second kappa shape index (κ2) is 3.05. The topological polar surface area (TPSA) is 49.3 Å². The maximum Gasteiger partial charge on any atom is 0.308 e. The summed E-state index contributed by atoms with van der Waals surface area (Å²) in [5, 5.41) is 12.1. The Morgan fingerprint density at radius 1 is 1.33 bits per heavy atom. The zero-order chi connectivity index (χ0) is 8.55. The van der Waals surface area contributed by atoms with Crippen molar-refractivity contribution in [1.82, 2.24) is 5.32 Å². The van der Waals surface area contributed by atoms with E-state index in [1.54, 1.807) is 0 Å². The molecule has 0 heterocycles. The maximum atomic E-state index is 10.5. The number of nitrogens with one attached hydrogen (secondary N) is 1. The van der Waals surface area contributed by atoms with Crippen LogP contribution in [0.15, 0.2) is 0 Å². The van der Waals surface area contributed by atoms with Crippen LogP contribution in [0.5, 0.6) is 0 Å². The van der Waals surface area contributed by atoms with Crippen LogP contribution in [0.25, 0.3) is 0 Å². The van der Waals surface area contributed by atoms with Gasteiger partial charge in [0.15, 0.2) is 0 Å². The average Bonchev–Trinajstić information content (AvgIpc) is 2.57. The molecule has 3 heteroatoms. The molecule has 2 N–H and O–H groups in total. The van der Waals surface area contributed by atoms with Gasteiger partial charge in [0.1, 0.15) is 0 Å². The predicted octanol–water partition coefficient (Wildman–Crippen LogP) is 0.992. The van der Waals surface area contributed by atoms with Crippen LogP contribution in [0.4, 0.5) is 0 Å². The van der Waals surface area contributed by atoms with Crippen LogP contribution in [0.1, 0.15) is 32.1 Å². The average molecular weight is 169 g/mol. The Kier molecular flexibility index (Phi) is 2.05. The molecule has 2 aliphatic carbocycles. The minimum Gasteiger partial charge on any atom is -0.481 e. The van der Waals surface area contributed by atoms with Crippen molar-refractivity contribution in [1.29, 1.82) is 0 Å². The van der Waals surface area contributed by atoms with Gasteiger partial charge in [-0.3, -0.25) is 4.79 Å². The van der Waals surface area contributed by atoms with Crippen LogP contribution in [0.3, 0.4) is 0 Å². The van der Waals surface area contributed by atoms with Crippen molar-refractivity contribution in [3.63, 3.8) is 0 Å². The standard InChI is InChI=1S/C9H15NO2/c11-9(12)7-5-8(7)10-6-3-1-2-4-6/h6-8,10H,1-5H2,(H,11,12). The molecule has 0 spiro atoms. The lowest BCUT2D eigenvalue weighted by atomic mass is 10.2. The lowest BCUT2D eigenvalue weighted by Gasteiger charge is -2.09. The van der Waals surface area contributed by atoms with Crippen LogP contribution in [0, 0.1) is 5.92 Å². The molecule has 0 saturated heterocycles. The highest BCUT2D eigenvalue weighted by Gasteiger charge is 2.44. The summed E-state index contributed by atoms with van der Waals surface area (Å²) in [4.78, 5) is 10.5. The van der Waals surface area contributed by atoms with Crippen LogP contribution in [0.2, 0.25) is 0 Å². The molecule has 0 aromatic carbocycles. The predicted molar refractivity (Wildman–Crippen MR) is 44.9 cm³/mol. The number of carboxylic acid groups (broad SMARTS) is 1. The molecule has 2 saturated carbocycles. The molecule has 2 unspecified atom stereocenters. The molecule has 2 aliphatic rings. The van der Waals surface area contributed by atoms with Gasteiger partial charge in [0, 0.05) is 12.1 Å². The van der Waals surface area contributed by atoms with E-state index in [0.717, 1.165) is 6.42 Å². The second-order valence-electron chi connectivity index (χ2n) is 3.93. The van der Waals surface area contributed by atoms with Crippen molar-refractivity contribution in [2.24, 2.45) is 5.92 Å². The van der Waals surface area contributed by atoms with E-state index < -0.39 is 5.97 Å². The summed E-state index contributed by atoms with van der Waals surface area (Å²) in [6.45, 7) is 0. The van der Waals surface area contributed by atoms with Gasteiger partial charge in [0.2, 0.25) is 0 Å². The molecule has 0 aliphatic heterocycles. The smallest absolute Gasteiger partial charge is 0.308 e. The normalized spacial score (nSPS) is 35.3. The number of rotatable bonds is 3. The van der Waals surface area contributed by atoms with Crippen molar-refractivity contribution < 1.29 is 9.90 Å². The fourth-order valence-corrected chi connectivity index (χ4v) is 2.05. The van der Waals surface area contributed by atoms with Crippen molar-refractivity contribution >= 4 is 5.97 Å². The summed E-state index contributed by atoms with van der Waals surface area (Å²) in [5.74, 6) is -0.726. The van der Waals surface area contributed by atoms with Gasteiger partial charge in [-0.05, 0) is 19.3 Å². The number of aliphatic carboxylic acids is 1. The Bertz CT molecular complexity index is 187. The molecule has 0 amide bonds. The Labute approximate surface area is 72.2 Å². The molecule has 0 aromatic rings. The molecule has 2 fully saturated rings. The van der Waals surface area contributed by atoms with Gasteiger partial charge in [-0.1, -0.05) is 12.8 Å². The van der Waals surface area contributed by atoms with E-state index in [9.17, 15) is 4.79 Å². The molecule has 2 atom stereocenters. The zero-order valence-electron chi connectivity index (χ0n) is 7.12. The van der Waals surface area contributed by atoms with Gasteiger partial charge in [-0.25, -0.2) is 0 Å². The molecule has 0 radical (unpaired) electrons. The molecular formula is C9H15NO2. The quantitative estimate of drug-likeness (QED) is 0.662. The first-order chi connectivity index (χ1) is 5.77. The Morgan fingerprint density at radius 3 is 2.50 bits per heavy atom. The molecule has 0 aromatic heterocycles. The maximum absolute atomic E-state index is 10.5. The van der Waals surface area contributed by atoms with E-state index in [2.05, 4.69) is 5.32 Å². The third-order valence-corrected chi connectivity index (χ3v) is 2.91. The van der Waals surface area contributed by atoms with E-state index in [1.165, 1.54) is 25.7 Å². The molecule has 0 bridgehead atoms. The lowest BCUT2D eigenvalue weighted by molar-refractivity contribution is -0.138. The van der Waals surface area contributed by atoms with Gasteiger partial charge < -0.3 is 10.4 Å². The monoisotopic (exact) mass is 169 g/mol. The Hall–Kier alpha value is -0.570. The first-order valence-electron chi connectivity index (χ1n) is 4.76. The van der Waals surface area contributed by atoms with Crippen LogP contribution in [-0.4, -0.2) is 23.2 Å². The fraction of sp³-hybridized carbons (Fsp3) is 0.889. The Balaban J connectivity index is 1.72. The third-order valence-electron chi connectivity index (χ3n) is 2.91. The Morgan fingerprint density at radius 2 is 2.00 bits per heavy atom. The highest BCUT2D eigenvalue weighted by atomic mass is 16.4. The molecule has 2 rings (SSSR count). The SMILES string of the molecule is O=C(O)C1CC1NC1CCCC1. The summed E-state index contributed by atoms with van der Waals surface area (Å²) >= 11 is 0. The largest absolute Gasteiger partial charge is 0.481 e. The molecular weight excluding hydrogens is 154 g/mol.